The van der Waals surface area contributed by atoms with Crippen molar-refractivity contribution in [3.8, 4) is 16.8 Å². The van der Waals surface area contributed by atoms with Crippen LogP contribution in [0.15, 0.2) is 182 Å². The zero-order chi connectivity index (χ0) is 31.6. The van der Waals surface area contributed by atoms with Crippen LogP contribution in [-0.2, 0) is 0 Å². The average Bonchev–Trinajstić information content (AvgIpc) is 3.49. The van der Waals surface area contributed by atoms with Gasteiger partial charge in [0, 0.05) is 38.9 Å². The maximum absolute atomic E-state index is 2.45. The molecular formula is C46H30N2. The first-order valence-corrected chi connectivity index (χ1v) is 16.5. The molecule has 2 nitrogen and oxygen atoms in total. The Labute approximate surface area is 278 Å². The Morgan fingerprint density at radius 1 is 0.375 bits per heavy atom. The van der Waals surface area contributed by atoms with Crippen LogP contribution in [0.5, 0.6) is 0 Å². The molecule has 0 saturated carbocycles. The molecule has 0 bridgehead atoms. The summed E-state index contributed by atoms with van der Waals surface area (Å²) in [4.78, 5) is 2.31. The molecule has 0 fully saturated rings. The minimum atomic E-state index is 1.13. The molecule has 0 aliphatic rings. The third-order valence-corrected chi connectivity index (χ3v) is 9.89. The first kappa shape index (κ1) is 26.8. The van der Waals surface area contributed by atoms with Crippen LogP contribution >= 0.6 is 0 Å². The summed E-state index contributed by atoms with van der Waals surface area (Å²) >= 11 is 0. The number of hydrogen-bond donors (Lipinski definition) is 0. The van der Waals surface area contributed by atoms with Gasteiger partial charge in [0.25, 0.3) is 0 Å². The second-order valence-electron chi connectivity index (χ2n) is 12.5. The Kier molecular flexibility index (Phi) is 5.91. The van der Waals surface area contributed by atoms with Crippen molar-refractivity contribution < 1.29 is 0 Å². The molecule has 2 heteroatoms. The van der Waals surface area contributed by atoms with Gasteiger partial charge < -0.3 is 9.47 Å². The summed E-state index contributed by atoms with van der Waals surface area (Å²) in [6.07, 6.45) is 0. The Hall–Kier alpha value is -6.38. The van der Waals surface area contributed by atoms with Crippen LogP contribution < -0.4 is 4.90 Å². The molecule has 10 aromatic rings. The van der Waals surface area contributed by atoms with Crippen LogP contribution in [-0.4, -0.2) is 4.57 Å². The lowest BCUT2D eigenvalue weighted by Crippen LogP contribution is -2.09. The van der Waals surface area contributed by atoms with E-state index in [9.17, 15) is 0 Å². The number of hydrogen-bond acceptors (Lipinski definition) is 1. The fraction of sp³-hybridized carbons (Fsp3) is 0. The van der Waals surface area contributed by atoms with Crippen LogP contribution in [0.1, 0.15) is 0 Å². The van der Waals surface area contributed by atoms with Crippen LogP contribution in [0.4, 0.5) is 17.1 Å². The van der Waals surface area contributed by atoms with Gasteiger partial charge in [-0.25, -0.2) is 0 Å². The van der Waals surface area contributed by atoms with E-state index in [0.29, 0.717) is 0 Å². The lowest BCUT2D eigenvalue weighted by atomic mass is 9.89. The molecule has 10 rings (SSSR count). The number of anilines is 3. The highest BCUT2D eigenvalue weighted by molar-refractivity contribution is 6.32. The Balaban J connectivity index is 1.19. The molecular weight excluding hydrogens is 581 g/mol. The molecule has 0 spiro atoms. The molecule has 0 amide bonds. The summed E-state index contributed by atoms with van der Waals surface area (Å²) < 4.78 is 2.45. The van der Waals surface area contributed by atoms with Gasteiger partial charge in [-0.15, -0.1) is 0 Å². The van der Waals surface area contributed by atoms with Gasteiger partial charge in [0.2, 0.25) is 0 Å². The highest BCUT2D eigenvalue weighted by atomic mass is 15.1. The van der Waals surface area contributed by atoms with Crippen molar-refractivity contribution in [2.24, 2.45) is 0 Å². The molecule has 1 heterocycles. The topological polar surface area (TPSA) is 8.17 Å². The molecule has 1 aromatic heterocycles. The van der Waals surface area contributed by atoms with Crippen LogP contribution in [0, 0.1) is 0 Å². The van der Waals surface area contributed by atoms with Crippen molar-refractivity contribution in [3.05, 3.63) is 182 Å². The summed E-state index contributed by atoms with van der Waals surface area (Å²) in [5.74, 6) is 0. The minimum Gasteiger partial charge on any atom is -0.311 e. The smallest absolute Gasteiger partial charge is 0.0620 e. The molecule has 0 radical (unpaired) electrons. The van der Waals surface area contributed by atoms with E-state index in [1.54, 1.807) is 0 Å². The molecule has 0 aliphatic heterocycles. The summed E-state index contributed by atoms with van der Waals surface area (Å²) in [6, 6.07) is 66.0. The van der Waals surface area contributed by atoms with Crippen molar-refractivity contribution in [3.63, 3.8) is 0 Å². The zero-order valence-corrected chi connectivity index (χ0v) is 26.2. The number of para-hydroxylation sites is 4. The van der Waals surface area contributed by atoms with Gasteiger partial charge in [0.05, 0.1) is 11.0 Å². The van der Waals surface area contributed by atoms with Crippen LogP contribution in [0.3, 0.4) is 0 Å². The number of fused-ring (bicyclic) bond motifs is 4. The second kappa shape index (κ2) is 10.6. The Morgan fingerprint density at radius 2 is 0.938 bits per heavy atom. The molecule has 0 atom stereocenters. The molecule has 0 saturated heterocycles. The molecule has 224 valence electrons. The van der Waals surface area contributed by atoms with E-state index in [2.05, 4.69) is 191 Å². The van der Waals surface area contributed by atoms with Crippen molar-refractivity contribution in [2.75, 3.05) is 4.90 Å². The van der Waals surface area contributed by atoms with Crippen molar-refractivity contribution >= 4 is 71.2 Å². The lowest BCUT2D eigenvalue weighted by molar-refractivity contribution is 1.19. The number of rotatable bonds is 5. The molecule has 0 aliphatic carbocycles. The third kappa shape index (κ3) is 4.00. The van der Waals surface area contributed by atoms with Gasteiger partial charge in [0.15, 0.2) is 0 Å². The number of benzene rings is 9. The second-order valence-corrected chi connectivity index (χ2v) is 12.5. The summed E-state index contributed by atoms with van der Waals surface area (Å²) in [5, 5.41) is 10.3. The monoisotopic (exact) mass is 610 g/mol. The Morgan fingerprint density at radius 3 is 1.67 bits per heavy atom. The van der Waals surface area contributed by atoms with E-state index < -0.39 is 0 Å². The van der Waals surface area contributed by atoms with Crippen molar-refractivity contribution in [1.82, 2.24) is 4.57 Å². The standard InChI is InChI=1S/C46H30N2/c1-4-12-34(13-5-1)47(35-14-6-2-7-15-35)37-25-22-31(23-26-37)38-27-24-32-20-21-33-30-42-39-18-10-11-19-43(39)48(36-16-8-3-9-17-36)46(42)41-29-28-40(38)44(32)45(33)41/h1-30H. The maximum Gasteiger partial charge on any atom is 0.0620 e. The number of aromatic nitrogens is 1. The fourth-order valence-corrected chi connectivity index (χ4v) is 7.81. The third-order valence-electron chi connectivity index (χ3n) is 9.89. The predicted molar refractivity (Wildman–Crippen MR) is 205 cm³/mol. The zero-order valence-electron chi connectivity index (χ0n) is 26.2. The number of nitrogens with zero attached hydrogens (tertiary/aromatic N) is 2. The fourth-order valence-electron chi connectivity index (χ4n) is 7.81. The first-order valence-electron chi connectivity index (χ1n) is 16.5. The average molecular weight is 611 g/mol. The molecule has 0 N–H and O–H groups in total. The lowest BCUT2D eigenvalue weighted by Gasteiger charge is -2.25. The van der Waals surface area contributed by atoms with E-state index >= 15 is 0 Å². The summed E-state index contributed by atoms with van der Waals surface area (Å²) in [5.41, 5.74) is 9.54. The largest absolute Gasteiger partial charge is 0.311 e. The SMILES string of the molecule is c1ccc(N(c2ccccc2)c2ccc(-c3ccc4ccc5cc6c7ccccc7n(-c7ccccc7)c6c6ccc3c4c56)cc2)cc1. The van der Waals surface area contributed by atoms with Gasteiger partial charge in [-0.1, -0.05) is 121 Å². The molecule has 48 heavy (non-hydrogen) atoms. The quantitative estimate of drug-likeness (QED) is 0.176. The van der Waals surface area contributed by atoms with E-state index in [4.69, 9.17) is 0 Å². The van der Waals surface area contributed by atoms with Gasteiger partial charge in [-0.05, 0) is 98.7 Å². The van der Waals surface area contributed by atoms with E-state index in [1.807, 2.05) is 0 Å². The Bertz CT molecular complexity index is 2700. The highest BCUT2D eigenvalue weighted by Crippen LogP contribution is 2.45. The van der Waals surface area contributed by atoms with Gasteiger partial charge in [-0.2, -0.15) is 0 Å². The molecule has 0 unspecified atom stereocenters. The van der Waals surface area contributed by atoms with Gasteiger partial charge in [-0.3, -0.25) is 0 Å². The van der Waals surface area contributed by atoms with E-state index in [1.165, 1.54) is 70.9 Å². The van der Waals surface area contributed by atoms with Gasteiger partial charge >= 0.3 is 0 Å². The normalized spacial score (nSPS) is 11.8. The first-order chi connectivity index (χ1) is 23.8. The summed E-state index contributed by atoms with van der Waals surface area (Å²) in [7, 11) is 0. The highest BCUT2D eigenvalue weighted by Gasteiger charge is 2.20. The van der Waals surface area contributed by atoms with Gasteiger partial charge in [0.1, 0.15) is 0 Å². The minimum absolute atomic E-state index is 1.13. The van der Waals surface area contributed by atoms with Crippen molar-refractivity contribution in [1.29, 1.82) is 0 Å². The van der Waals surface area contributed by atoms with Crippen LogP contribution in [0.2, 0.25) is 0 Å². The van der Waals surface area contributed by atoms with E-state index in [-0.39, 0.29) is 0 Å². The summed E-state index contributed by atoms with van der Waals surface area (Å²) in [6.45, 7) is 0. The maximum atomic E-state index is 2.45. The van der Waals surface area contributed by atoms with Crippen LogP contribution in [0.25, 0.3) is 70.9 Å². The van der Waals surface area contributed by atoms with Crippen molar-refractivity contribution in [2.45, 2.75) is 0 Å². The predicted octanol–water partition coefficient (Wildman–Crippen LogP) is 12.8. The van der Waals surface area contributed by atoms with E-state index in [0.717, 1.165) is 17.1 Å². The molecule has 9 aromatic carbocycles.